The van der Waals surface area contributed by atoms with Crippen LogP contribution < -0.4 is 5.32 Å². The molecule has 82 valence electrons. The van der Waals surface area contributed by atoms with Crippen molar-refractivity contribution in [1.82, 2.24) is 5.32 Å². The summed E-state index contributed by atoms with van der Waals surface area (Å²) in [4.78, 5) is 11.3. The van der Waals surface area contributed by atoms with Gasteiger partial charge in [0.2, 0.25) is 5.91 Å². The normalized spacial score (nSPS) is 19.6. The molecular formula is C11H20BrNO. The molecule has 2 nitrogen and oxygen atoms in total. The quantitative estimate of drug-likeness (QED) is 0.758. The van der Waals surface area contributed by atoms with Crippen molar-refractivity contribution in [3.63, 3.8) is 0 Å². The monoisotopic (exact) mass is 261 g/mol. The van der Waals surface area contributed by atoms with Gasteiger partial charge in [-0.3, -0.25) is 4.79 Å². The fourth-order valence-electron chi connectivity index (χ4n) is 2.24. The SMILES string of the molecule is CCC1(CNC(=O)CCBr)CCCC1. The Morgan fingerprint density at radius 1 is 1.43 bits per heavy atom. The maximum Gasteiger partial charge on any atom is 0.220 e. The first-order valence-electron chi connectivity index (χ1n) is 5.55. The number of alkyl halides is 1. The highest BCUT2D eigenvalue weighted by molar-refractivity contribution is 9.09. The van der Waals surface area contributed by atoms with E-state index in [0.717, 1.165) is 11.9 Å². The van der Waals surface area contributed by atoms with E-state index in [1.54, 1.807) is 0 Å². The summed E-state index contributed by atoms with van der Waals surface area (Å²) in [6.07, 6.45) is 7.04. The third-order valence-corrected chi connectivity index (χ3v) is 3.79. The van der Waals surface area contributed by atoms with Crippen molar-refractivity contribution < 1.29 is 4.79 Å². The van der Waals surface area contributed by atoms with E-state index in [9.17, 15) is 4.79 Å². The standard InChI is InChI=1S/C11H20BrNO/c1-2-11(6-3-4-7-11)9-13-10(14)5-8-12/h2-9H2,1H3,(H,13,14). The predicted octanol–water partition coefficient (Wildman–Crippen LogP) is 2.86. The molecule has 3 heteroatoms. The van der Waals surface area contributed by atoms with E-state index in [-0.39, 0.29) is 5.91 Å². The molecule has 0 radical (unpaired) electrons. The zero-order chi connectivity index (χ0) is 10.4. The molecule has 0 aliphatic heterocycles. The van der Waals surface area contributed by atoms with E-state index in [0.29, 0.717) is 11.8 Å². The van der Waals surface area contributed by atoms with E-state index >= 15 is 0 Å². The van der Waals surface area contributed by atoms with Gasteiger partial charge >= 0.3 is 0 Å². The van der Waals surface area contributed by atoms with E-state index in [4.69, 9.17) is 0 Å². The largest absolute Gasteiger partial charge is 0.356 e. The molecule has 1 N–H and O–H groups in total. The Balaban J connectivity index is 2.30. The highest BCUT2D eigenvalue weighted by Crippen LogP contribution is 2.40. The van der Waals surface area contributed by atoms with Crippen molar-refractivity contribution in [2.24, 2.45) is 5.41 Å². The van der Waals surface area contributed by atoms with Crippen LogP contribution in [0.3, 0.4) is 0 Å². The molecule has 0 saturated heterocycles. The average Bonchev–Trinajstić information content (AvgIpc) is 2.65. The Bertz CT molecular complexity index is 188. The predicted molar refractivity (Wildman–Crippen MR) is 62.6 cm³/mol. The molecule has 1 amide bonds. The summed E-state index contributed by atoms with van der Waals surface area (Å²) in [6.45, 7) is 3.12. The molecule has 0 aromatic heterocycles. The van der Waals surface area contributed by atoms with Gasteiger partial charge in [-0.2, -0.15) is 0 Å². The van der Waals surface area contributed by atoms with Gasteiger partial charge in [0, 0.05) is 18.3 Å². The average molecular weight is 262 g/mol. The summed E-state index contributed by atoms with van der Waals surface area (Å²) in [5.74, 6) is 0.182. The van der Waals surface area contributed by atoms with Gasteiger partial charge in [-0.05, 0) is 24.7 Å². The molecule has 0 bridgehead atoms. The van der Waals surface area contributed by atoms with E-state index in [1.807, 2.05) is 0 Å². The van der Waals surface area contributed by atoms with Crippen LogP contribution in [-0.2, 0) is 4.79 Å². The first kappa shape index (κ1) is 12.0. The number of amides is 1. The fraction of sp³-hybridized carbons (Fsp3) is 0.909. The van der Waals surface area contributed by atoms with E-state index < -0.39 is 0 Å². The third-order valence-electron chi connectivity index (χ3n) is 3.40. The van der Waals surface area contributed by atoms with Crippen LogP contribution in [0.4, 0.5) is 0 Å². The maximum absolute atomic E-state index is 11.3. The number of hydrogen-bond acceptors (Lipinski definition) is 1. The van der Waals surface area contributed by atoms with Gasteiger partial charge in [0.25, 0.3) is 0 Å². The summed E-state index contributed by atoms with van der Waals surface area (Å²) in [7, 11) is 0. The number of halogens is 1. The van der Waals surface area contributed by atoms with Crippen molar-refractivity contribution in [1.29, 1.82) is 0 Å². The third kappa shape index (κ3) is 3.26. The van der Waals surface area contributed by atoms with Crippen LogP contribution in [0, 0.1) is 5.41 Å². The first-order valence-corrected chi connectivity index (χ1v) is 6.67. The number of carbonyl (C=O) groups is 1. The zero-order valence-corrected chi connectivity index (χ0v) is 10.5. The van der Waals surface area contributed by atoms with Crippen molar-refractivity contribution in [2.45, 2.75) is 45.4 Å². The van der Waals surface area contributed by atoms with Gasteiger partial charge in [-0.1, -0.05) is 35.7 Å². The topological polar surface area (TPSA) is 29.1 Å². The molecule has 1 fully saturated rings. The molecule has 0 heterocycles. The first-order chi connectivity index (χ1) is 6.72. The molecule has 1 saturated carbocycles. The van der Waals surface area contributed by atoms with Gasteiger partial charge in [0.15, 0.2) is 0 Å². The van der Waals surface area contributed by atoms with Crippen molar-refractivity contribution in [2.75, 3.05) is 11.9 Å². The molecule has 0 unspecified atom stereocenters. The smallest absolute Gasteiger partial charge is 0.220 e. The van der Waals surface area contributed by atoms with E-state index in [2.05, 4.69) is 28.2 Å². The van der Waals surface area contributed by atoms with Crippen LogP contribution in [0.15, 0.2) is 0 Å². The van der Waals surface area contributed by atoms with Crippen LogP contribution in [0.25, 0.3) is 0 Å². The van der Waals surface area contributed by atoms with Gasteiger partial charge in [-0.15, -0.1) is 0 Å². The molecule has 0 aromatic carbocycles. The number of nitrogens with one attached hydrogen (secondary N) is 1. The van der Waals surface area contributed by atoms with Gasteiger partial charge in [0.05, 0.1) is 0 Å². The van der Waals surface area contributed by atoms with Gasteiger partial charge in [-0.25, -0.2) is 0 Å². The zero-order valence-electron chi connectivity index (χ0n) is 8.94. The van der Waals surface area contributed by atoms with E-state index in [1.165, 1.54) is 32.1 Å². The molecule has 0 spiro atoms. The van der Waals surface area contributed by atoms with Crippen LogP contribution in [0.1, 0.15) is 45.4 Å². The molecular weight excluding hydrogens is 242 g/mol. The Morgan fingerprint density at radius 3 is 2.57 bits per heavy atom. The lowest BCUT2D eigenvalue weighted by molar-refractivity contribution is -0.121. The highest BCUT2D eigenvalue weighted by Gasteiger charge is 2.31. The van der Waals surface area contributed by atoms with Crippen molar-refractivity contribution in [3.8, 4) is 0 Å². The second-order valence-electron chi connectivity index (χ2n) is 4.28. The fourth-order valence-corrected chi connectivity index (χ4v) is 2.60. The molecule has 0 atom stereocenters. The summed E-state index contributed by atoms with van der Waals surface area (Å²) < 4.78 is 0. The van der Waals surface area contributed by atoms with Gasteiger partial charge < -0.3 is 5.32 Å². The Kier molecular flexibility index (Phi) is 4.93. The minimum Gasteiger partial charge on any atom is -0.356 e. The molecule has 1 aliphatic rings. The highest BCUT2D eigenvalue weighted by atomic mass is 79.9. The summed E-state index contributed by atoms with van der Waals surface area (Å²) in [5, 5.41) is 3.81. The lowest BCUT2D eigenvalue weighted by atomic mass is 9.83. The molecule has 0 aromatic rings. The van der Waals surface area contributed by atoms with Crippen LogP contribution in [0.2, 0.25) is 0 Å². The minimum atomic E-state index is 0.182. The molecule has 1 rings (SSSR count). The maximum atomic E-state index is 11.3. The summed E-state index contributed by atoms with van der Waals surface area (Å²) in [6, 6.07) is 0. The lowest BCUT2D eigenvalue weighted by Crippen LogP contribution is -2.35. The second kappa shape index (κ2) is 5.74. The van der Waals surface area contributed by atoms with Gasteiger partial charge in [0.1, 0.15) is 0 Å². The number of carbonyl (C=O) groups excluding carboxylic acids is 1. The Morgan fingerprint density at radius 2 is 2.07 bits per heavy atom. The Hall–Kier alpha value is -0.0500. The van der Waals surface area contributed by atoms with Crippen molar-refractivity contribution in [3.05, 3.63) is 0 Å². The summed E-state index contributed by atoms with van der Waals surface area (Å²) in [5.41, 5.74) is 0.419. The Labute approximate surface area is 95.0 Å². The molecule has 14 heavy (non-hydrogen) atoms. The van der Waals surface area contributed by atoms with Crippen LogP contribution in [-0.4, -0.2) is 17.8 Å². The molecule has 1 aliphatic carbocycles. The summed E-state index contributed by atoms with van der Waals surface area (Å²) >= 11 is 3.27. The van der Waals surface area contributed by atoms with Crippen molar-refractivity contribution >= 4 is 21.8 Å². The number of rotatable bonds is 5. The lowest BCUT2D eigenvalue weighted by Gasteiger charge is -2.27. The van der Waals surface area contributed by atoms with Crippen LogP contribution >= 0.6 is 15.9 Å². The minimum absolute atomic E-state index is 0.182. The number of hydrogen-bond donors (Lipinski definition) is 1. The van der Waals surface area contributed by atoms with Crippen LogP contribution in [0.5, 0.6) is 0 Å². The second-order valence-corrected chi connectivity index (χ2v) is 5.07.